The average Bonchev–Trinajstić information content (AvgIpc) is 2.61. The van der Waals surface area contributed by atoms with Crippen molar-refractivity contribution in [3.05, 3.63) is 29.3 Å². The van der Waals surface area contributed by atoms with Crippen molar-refractivity contribution in [3.8, 4) is 5.75 Å². The molecule has 8 heteroatoms. The van der Waals surface area contributed by atoms with Crippen LogP contribution in [0.3, 0.4) is 0 Å². The third-order valence-electron chi connectivity index (χ3n) is 4.83. The number of hydrogen-bond acceptors (Lipinski definition) is 6. The summed E-state index contributed by atoms with van der Waals surface area (Å²) in [5.41, 5.74) is 0. The highest BCUT2D eigenvalue weighted by molar-refractivity contribution is 7.85. The van der Waals surface area contributed by atoms with Crippen LogP contribution in [0, 0.1) is 11.8 Å². The van der Waals surface area contributed by atoms with Gasteiger partial charge in [-0.25, -0.2) is 0 Å². The van der Waals surface area contributed by atoms with E-state index in [-0.39, 0.29) is 19.1 Å². The number of halogens is 1. The highest BCUT2D eigenvalue weighted by Crippen LogP contribution is 2.32. The van der Waals surface area contributed by atoms with Crippen LogP contribution < -0.4 is 10.1 Å². The molecule has 1 aliphatic carbocycles. The Bertz CT molecular complexity index is 685. The van der Waals surface area contributed by atoms with Gasteiger partial charge in [0.2, 0.25) is 0 Å². The molecule has 1 aromatic rings. The third kappa shape index (κ3) is 9.55. The van der Waals surface area contributed by atoms with E-state index in [1.165, 1.54) is 0 Å². The molecule has 0 unspecified atom stereocenters. The Balaban J connectivity index is 1.52. The number of nitrogens with one attached hydrogen (secondary N) is 1. The molecule has 1 fully saturated rings. The van der Waals surface area contributed by atoms with Gasteiger partial charge in [-0.1, -0.05) is 37.3 Å². The van der Waals surface area contributed by atoms with E-state index in [1.54, 1.807) is 24.3 Å². The van der Waals surface area contributed by atoms with Gasteiger partial charge < -0.3 is 10.1 Å². The number of rotatable bonds is 10. The summed E-state index contributed by atoms with van der Waals surface area (Å²) in [6, 6.07) is 6.70. The molecular weight excluding hydrogens is 390 g/mol. The highest BCUT2D eigenvalue weighted by atomic mass is 35.5. The normalized spacial score (nSPS) is 20.4. The van der Waals surface area contributed by atoms with Gasteiger partial charge in [-0.3, -0.25) is 8.98 Å². The van der Waals surface area contributed by atoms with E-state index >= 15 is 0 Å². The maximum Gasteiger partial charge on any atom is 0.325 e. The van der Waals surface area contributed by atoms with E-state index in [0.29, 0.717) is 22.6 Å². The summed E-state index contributed by atoms with van der Waals surface area (Å²) in [7, 11) is -3.33. The van der Waals surface area contributed by atoms with E-state index in [0.717, 1.165) is 51.3 Å². The first-order valence-corrected chi connectivity index (χ1v) is 11.5. The highest BCUT2D eigenvalue weighted by Gasteiger charge is 2.21. The second-order valence-corrected chi connectivity index (χ2v) is 9.18. The van der Waals surface area contributed by atoms with Gasteiger partial charge in [0.05, 0.1) is 19.4 Å². The molecule has 0 saturated heterocycles. The molecule has 2 rings (SSSR count). The molecule has 1 aliphatic rings. The zero-order valence-corrected chi connectivity index (χ0v) is 17.2. The molecule has 0 amide bonds. The number of benzene rings is 1. The molecule has 0 spiro atoms. The van der Waals surface area contributed by atoms with Gasteiger partial charge in [-0.15, -0.1) is 0 Å². The smallest absolute Gasteiger partial charge is 0.325 e. The lowest BCUT2D eigenvalue weighted by molar-refractivity contribution is -0.133. The maximum atomic E-state index is 11.8. The van der Waals surface area contributed by atoms with Gasteiger partial charge in [-0.2, -0.15) is 8.42 Å². The first-order valence-electron chi connectivity index (χ1n) is 9.33. The molecule has 1 saturated carbocycles. The van der Waals surface area contributed by atoms with Gasteiger partial charge in [0.15, 0.2) is 0 Å². The lowest BCUT2D eigenvalue weighted by Gasteiger charge is -2.28. The van der Waals surface area contributed by atoms with E-state index in [2.05, 4.69) is 5.32 Å². The molecule has 1 N–H and O–H groups in total. The summed E-state index contributed by atoms with van der Waals surface area (Å²) in [5.74, 6) is 1.37. The summed E-state index contributed by atoms with van der Waals surface area (Å²) in [5, 5.41) is 3.74. The van der Waals surface area contributed by atoms with Gasteiger partial charge in [-0.05, 0) is 55.5 Å². The Morgan fingerprint density at radius 1 is 1.11 bits per heavy atom. The van der Waals surface area contributed by atoms with Crippen molar-refractivity contribution in [2.75, 3.05) is 26.0 Å². The standard InChI is InChI=1S/C19H28ClNO5S/c1-27(23,24)25-13-11-16-4-2-15(3-5-16)10-12-21-14-19(22)26-18-8-6-17(20)7-9-18/h6-9,15-16,21H,2-5,10-14H2,1H3. The predicted molar refractivity (Wildman–Crippen MR) is 105 cm³/mol. The molecule has 27 heavy (non-hydrogen) atoms. The van der Waals surface area contributed by atoms with Crippen LogP contribution >= 0.6 is 11.6 Å². The van der Waals surface area contributed by atoms with E-state index < -0.39 is 10.1 Å². The molecule has 0 aromatic heterocycles. The van der Waals surface area contributed by atoms with Crippen LogP contribution in [0.25, 0.3) is 0 Å². The minimum Gasteiger partial charge on any atom is -0.426 e. The van der Waals surface area contributed by atoms with Crippen molar-refractivity contribution in [2.24, 2.45) is 11.8 Å². The predicted octanol–water partition coefficient (Wildman–Crippen LogP) is 3.40. The summed E-state index contributed by atoms with van der Waals surface area (Å²) in [4.78, 5) is 11.8. The van der Waals surface area contributed by atoms with Crippen molar-refractivity contribution < 1.29 is 22.1 Å². The van der Waals surface area contributed by atoms with E-state index in [9.17, 15) is 13.2 Å². The monoisotopic (exact) mass is 417 g/mol. The van der Waals surface area contributed by atoms with Gasteiger partial charge in [0.1, 0.15) is 5.75 Å². The second-order valence-electron chi connectivity index (χ2n) is 7.09. The minimum atomic E-state index is -3.33. The number of esters is 1. The lowest BCUT2D eigenvalue weighted by atomic mass is 9.79. The fraction of sp³-hybridized carbons (Fsp3) is 0.632. The minimum absolute atomic E-state index is 0.181. The van der Waals surface area contributed by atoms with Gasteiger partial charge in [0, 0.05) is 5.02 Å². The van der Waals surface area contributed by atoms with Gasteiger partial charge >= 0.3 is 5.97 Å². The lowest BCUT2D eigenvalue weighted by Crippen LogP contribution is -2.29. The summed E-state index contributed by atoms with van der Waals surface area (Å²) in [6.45, 7) is 1.24. The van der Waals surface area contributed by atoms with Crippen LogP contribution in [0.15, 0.2) is 24.3 Å². The molecular formula is C19H28ClNO5S. The Morgan fingerprint density at radius 2 is 1.70 bits per heavy atom. The van der Waals surface area contributed by atoms with E-state index in [1.807, 2.05) is 0 Å². The number of ether oxygens (including phenoxy) is 1. The van der Waals surface area contributed by atoms with Crippen LogP contribution in [0.4, 0.5) is 0 Å². The maximum absolute atomic E-state index is 11.8. The van der Waals surface area contributed by atoms with Gasteiger partial charge in [0.25, 0.3) is 10.1 Å². The van der Waals surface area contributed by atoms with Crippen LogP contribution in [0.5, 0.6) is 5.75 Å². The Labute approximate surface area is 166 Å². The molecule has 1 aromatic carbocycles. The first kappa shape index (κ1) is 22.1. The summed E-state index contributed by atoms with van der Waals surface area (Å²) >= 11 is 5.79. The summed E-state index contributed by atoms with van der Waals surface area (Å²) in [6.07, 6.45) is 7.41. The Kier molecular flexibility index (Phi) is 9.02. The van der Waals surface area contributed by atoms with E-state index in [4.69, 9.17) is 20.5 Å². The second kappa shape index (κ2) is 11.0. The molecule has 6 nitrogen and oxygen atoms in total. The molecule has 0 aliphatic heterocycles. The quantitative estimate of drug-likeness (QED) is 0.272. The van der Waals surface area contributed by atoms with Crippen molar-refractivity contribution >= 4 is 27.7 Å². The van der Waals surface area contributed by atoms with Crippen LogP contribution in [-0.2, 0) is 19.1 Å². The Morgan fingerprint density at radius 3 is 2.30 bits per heavy atom. The number of hydrogen-bond donors (Lipinski definition) is 1. The SMILES string of the molecule is CS(=O)(=O)OCCC1CCC(CCNCC(=O)Oc2ccc(Cl)cc2)CC1. The number of carbonyl (C=O) groups is 1. The van der Waals surface area contributed by atoms with Crippen LogP contribution in [-0.4, -0.2) is 40.3 Å². The summed E-state index contributed by atoms with van der Waals surface area (Å²) < 4.78 is 32.0. The van der Waals surface area contributed by atoms with Crippen LogP contribution in [0.1, 0.15) is 38.5 Å². The largest absolute Gasteiger partial charge is 0.426 e. The van der Waals surface area contributed by atoms with Crippen molar-refractivity contribution in [1.82, 2.24) is 5.32 Å². The van der Waals surface area contributed by atoms with Crippen molar-refractivity contribution in [1.29, 1.82) is 0 Å². The fourth-order valence-corrected chi connectivity index (χ4v) is 3.87. The van der Waals surface area contributed by atoms with Crippen LogP contribution in [0.2, 0.25) is 5.02 Å². The first-order chi connectivity index (χ1) is 12.8. The zero-order valence-electron chi connectivity index (χ0n) is 15.7. The average molecular weight is 418 g/mol. The molecule has 0 atom stereocenters. The van der Waals surface area contributed by atoms with Crippen molar-refractivity contribution in [3.63, 3.8) is 0 Å². The Hall–Kier alpha value is -1.15. The molecule has 0 heterocycles. The number of carbonyl (C=O) groups excluding carboxylic acids is 1. The third-order valence-corrected chi connectivity index (χ3v) is 5.68. The fourth-order valence-electron chi connectivity index (χ4n) is 3.34. The molecule has 152 valence electrons. The zero-order chi connectivity index (χ0) is 19.7. The molecule has 0 bridgehead atoms. The molecule has 0 radical (unpaired) electrons. The topological polar surface area (TPSA) is 81.7 Å². The van der Waals surface area contributed by atoms with Crippen molar-refractivity contribution in [2.45, 2.75) is 38.5 Å².